The second-order valence-corrected chi connectivity index (χ2v) is 10.1. The normalized spacial score (nSPS) is 13.3. The Labute approximate surface area is 130 Å². The Morgan fingerprint density at radius 2 is 1.09 bits per heavy atom. The number of benzene rings is 3. The van der Waals surface area contributed by atoms with Crippen LogP contribution in [0, 0.1) is 0 Å². The van der Waals surface area contributed by atoms with Crippen LogP contribution in [0.2, 0.25) is 0 Å². The van der Waals surface area contributed by atoms with Gasteiger partial charge in [-0.25, -0.2) is 0 Å². The van der Waals surface area contributed by atoms with Crippen molar-refractivity contribution >= 4 is 22.7 Å². The van der Waals surface area contributed by atoms with Crippen molar-refractivity contribution in [3.63, 3.8) is 0 Å². The molecule has 0 amide bonds. The van der Waals surface area contributed by atoms with E-state index in [0.717, 1.165) is 10.6 Å². The van der Waals surface area contributed by atoms with Gasteiger partial charge in [0.2, 0.25) is 0 Å². The molecule has 0 aliphatic carbocycles. The zero-order valence-electron chi connectivity index (χ0n) is 12.4. The Morgan fingerprint density at radius 3 is 1.55 bits per heavy atom. The van der Waals surface area contributed by atoms with Gasteiger partial charge in [0, 0.05) is 0 Å². The summed E-state index contributed by atoms with van der Waals surface area (Å²) in [7, 11) is 0. The van der Waals surface area contributed by atoms with Crippen molar-refractivity contribution in [2.75, 3.05) is 6.66 Å². The second kappa shape index (κ2) is 5.24. The van der Waals surface area contributed by atoms with Crippen LogP contribution in [0.4, 0.5) is 0 Å². The van der Waals surface area contributed by atoms with Crippen LogP contribution < -0.4 is 15.9 Å². The van der Waals surface area contributed by atoms with Crippen LogP contribution in [0.3, 0.4) is 0 Å². The minimum atomic E-state index is -3.92. The van der Waals surface area contributed by atoms with Crippen LogP contribution in [0.25, 0.3) is 0 Å². The van der Waals surface area contributed by atoms with Crippen LogP contribution in [0.5, 0.6) is 5.75 Å². The van der Waals surface area contributed by atoms with Gasteiger partial charge in [0.05, 0.1) is 0 Å². The molecule has 3 heteroatoms. The first-order valence-electron chi connectivity index (χ1n) is 7.17. The molecule has 111 valence electrons. The number of aromatic hydroxyl groups is 1. The maximum absolute atomic E-state index is 14.5. The number of para-hydroxylation sites is 1. The summed E-state index contributed by atoms with van der Waals surface area (Å²) in [6, 6.07) is 25.7. The first-order chi connectivity index (χ1) is 10.5. The van der Waals surface area contributed by atoms with E-state index in [2.05, 4.69) is 0 Å². The van der Waals surface area contributed by atoms with Crippen molar-refractivity contribution in [1.29, 1.82) is 0 Å². The average molecular weight is 309 g/mol. The van der Waals surface area contributed by atoms with Gasteiger partial charge in [0.25, 0.3) is 0 Å². The predicted octanol–water partition coefficient (Wildman–Crippen LogP) is 3.20. The van der Waals surface area contributed by atoms with E-state index in [1.54, 1.807) is 24.9 Å². The molecule has 1 radical (unpaired) electrons. The fraction of sp³-hybridized carbons (Fsp3) is 0.0526. The van der Waals surface area contributed by atoms with Crippen molar-refractivity contribution in [3.8, 4) is 5.75 Å². The number of rotatable bonds is 3. The molecule has 2 nitrogen and oxygen atoms in total. The first kappa shape index (κ1) is 14.8. The number of hydrogen-bond acceptors (Lipinski definition) is 1. The van der Waals surface area contributed by atoms with Crippen molar-refractivity contribution < 1.29 is 10.00 Å². The summed E-state index contributed by atoms with van der Waals surface area (Å²) in [4.78, 5) is 14.5. The topological polar surface area (TPSA) is 40.1 Å². The van der Waals surface area contributed by atoms with Gasteiger partial charge < -0.3 is 0 Å². The van der Waals surface area contributed by atoms with Gasteiger partial charge in [0.15, 0.2) is 0 Å². The van der Waals surface area contributed by atoms with Crippen LogP contribution in [-0.4, -0.2) is 11.8 Å². The number of phenolic OH excluding ortho intramolecular Hbond substituents is 1. The first-order valence-corrected chi connectivity index (χ1v) is 9.77. The molecule has 0 saturated carbocycles. The Balaban J connectivity index is 2.41. The van der Waals surface area contributed by atoms with Crippen LogP contribution >= 0.6 is 6.83 Å². The third-order valence-corrected chi connectivity index (χ3v) is 8.84. The zero-order chi connectivity index (χ0) is 15.7. The van der Waals surface area contributed by atoms with Gasteiger partial charge in [-0.2, -0.15) is 0 Å². The summed E-state index contributed by atoms with van der Waals surface area (Å²) in [5, 5.41) is 12.3. The van der Waals surface area contributed by atoms with E-state index in [1.165, 1.54) is 0 Å². The zero-order valence-corrected chi connectivity index (χ0v) is 13.3. The van der Waals surface area contributed by atoms with Crippen molar-refractivity contribution in [1.82, 2.24) is 0 Å². The predicted molar refractivity (Wildman–Crippen MR) is 93.4 cm³/mol. The monoisotopic (exact) mass is 309 g/mol. The van der Waals surface area contributed by atoms with Gasteiger partial charge in [-0.05, 0) is 0 Å². The Hall–Kier alpha value is -2.15. The van der Waals surface area contributed by atoms with Crippen molar-refractivity contribution in [2.24, 2.45) is 0 Å². The van der Waals surface area contributed by atoms with E-state index in [9.17, 15) is 10.00 Å². The molecule has 0 saturated heterocycles. The summed E-state index contributed by atoms with van der Waals surface area (Å²) in [5.74, 6) is 0.0605. The third-order valence-electron chi connectivity index (χ3n) is 4.22. The quantitative estimate of drug-likeness (QED) is 0.742. The molecule has 0 aliphatic rings. The summed E-state index contributed by atoms with van der Waals surface area (Å²) in [6.07, 6.45) is 0. The standard InChI is InChI=1S/C19H18O2P/c1-22(21,16-10-4-2-5-11-16,17-12-6-3-7-13-17)19-15-9-8-14-18(19)20/h2-15,20H,1H3. The van der Waals surface area contributed by atoms with E-state index in [4.69, 9.17) is 0 Å². The summed E-state index contributed by atoms with van der Waals surface area (Å²) >= 11 is 0. The maximum atomic E-state index is 14.5. The fourth-order valence-corrected chi connectivity index (χ4v) is 6.63. The molecule has 3 aromatic carbocycles. The van der Waals surface area contributed by atoms with E-state index < -0.39 is 6.83 Å². The van der Waals surface area contributed by atoms with Crippen LogP contribution in [0.15, 0.2) is 84.9 Å². The molecule has 0 spiro atoms. The molecule has 0 atom stereocenters. The van der Waals surface area contributed by atoms with Crippen LogP contribution in [0.1, 0.15) is 0 Å². The Kier molecular flexibility index (Phi) is 3.52. The molecular weight excluding hydrogens is 291 g/mol. The fourth-order valence-electron chi connectivity index (χ4n) is 2.92. The average Bonchev–Trinajstić information content (AvgIpc) is 2.57. The number of phenols is 1. The Bertz CT molecular complexity index is 739. The van der Waals surface area contributed by atoms with Gasteiger partial charge >= 0.3 is 130 Å². The van der Waals surface area contributed by atoms with Crippen molar-refractivity contribution in [3.05, 3.63) is 84.9 Å². The minimum absolute atomic E-state index is 0.0605. The molecule has 0 bridgehead atoms. The number of hydrogen-bond donors (Lipinski definition) is 1. The molecule has 0 aliphatic heterocycles. The molecule has 3 aromatic rings. The molecular formula is C19H18O2P. The molecule has 22 heavy (non-hydrogen) atoms. The molecule has 0 aromatic heterocycles. The van der Waals surface area contributed by atoms with Crippen molar-refractivity contribution in [2.45, 2.75) is 0 Å². The van der Waals surface area contributed by atoms with Crippen LogP contribution in [-0.2, 0) is 4.89 Å². The van der Waals surface area contributed by atoms with Gasteiger partial charge in [0.1, 0.15) is 0 Å². The Morgan fingerprint density at radius 1 is 0.682 bits per heavy atom. The summed E-state index contributed by atoms with van der Waals surface area (Å²) in [5.41, 5.74) is 0. The molecule has 0 fully saturated rings. The van der Waals surface area contributed by atoms with E-state index in [1.807, 2.05) is 66.7 Å². The SMILES string of the molecule is CP([O])(c1ccccc1)(c1ccccc1)c1ccccc1O. The van der Waals surface area contributed by atoms with Gasteiger partial charge in [-0.15, -0.1) is 0 Å². The third kappa shape index (κ3) is 2.12. The molecule has 3 rings (SSSR count). The van der Waals surface area contributed by atoms with Gasteiger partial charge in [-0.3, -0.25) is 0 Å². The molecule has 0 heterocycles. The van der Waals surface area contributed by atoms with E-state index in [-0.39, 0.29) is 5.75 Å². The summed E-state index contributed by atoms with van der Waals surface area (Å²) in [6.45, 7) is -2.17. The summed E-state index contributed by atoms with van der Waals surface area (Å²) < 4.78 is 0. The molecule has 0 unspecified atom stereocenters. The molecule has 1 N–H and O–H groups in total. The second-order valence-electron chi connectivity index (χ2n) is 5.62. The van der Waals surface area contributed by atoms with E-state index >= 15 is 0 Å². The van der Waals surface area contributed by atoms with E-state index in [0.29, 0.717) is 5.30 Å². The van der Waals surface area contributed by atoms with Gasteiger partial charge in [-0.1, -0.05) is 0 Å².